The Hall–Kier alpha value is -2.36. The molecule has 0 fully saturated rings. The van der Waals surface area contributed by atoms with E-state index in [0.29, 0.717) is 0 Å². The summed E-state index contributed by atoms with van der Waals surface area (Å²) in [5.74, 6) is -51.9. The van der Waals surface area contributed by atoms with Gasteiger partial charge in [-0.2, -0.15) is 65.9 Å². The lowest BCUT2D eigenvalue weighted by Crippen LogP contribution is -2.73. The molecular weight excluding hydrogens is 497 g/mol. The molecule has 184 valence electrons. The van der Waals surface area contributed by atoms with Gasteiger partial charge in [0, 0.05) is 0 Å². The Morgan fingerprint density at radius 3 is 1.38 bits per heavy atom. The van der Waals surface area contributed by atoms with E-state index in [1.807, 2.05) is 0 Å². The van der Waals surface area contributed by atoms with E-state index in [4.69, 9.17) is 0 Å². The van der Waals surface area contributed by atoms with Gasteiger partial charge in [0.2, 0.25) is 0 Å². The third kappa shape index (κ3) is 3.93. The molecule has 1 aromatic carbocycles. The summed E-state index contributed by atoms with van der Waals surface area (Å²) in [5, 5.41) is 0. The van der Waals surface area contributed by atoms with Crippen LogP contribution in [-0.4, -0.2) is 47.7 Å². The normalized spacial score (nSPS) is 15.0. The summed E-state index contributed by atoms with van der Waals surface area (Å²) in [6.07, 6.45) is -7.69. The molecule has 0 aliphatic carbocycles. The molecule has 0 amide bonds. The van der Waals surface area contributed by atoms with E-state index in [1.165, 1.54) is 18.2 Å². The fraction of sp³-hybridized carbons (Fsp3) is 0.533. The predicted molar refractivity (Wildman–Crippen MR) is 72.0 cm³/mol. The van der Waals surface area contributed by atoms with Gasteiger partial charge in [0.15, 0.2) is 0 Å². The Balaban J connectivity index is 3.37. The zero-order valence-corrected chi connectivity index (χ0v) is 14.6. The van der Waals surface area contributed by atoms with Crippen LogP contribution < -0.4 is 0 Å². The summed E-state index contributed by atoms with van der Waals surface area (Å²) in [4.78, 5) is 11.1. The van der Waals surface area contributed by atoms with Crippen molar-refractivity contribution >= 4 is 5.97 Å². The van der Waals surface area contributed by atoms with Crippen LogP contribution in [0.25, 0.3) is 0 Å². The number of halogens is 15. The molecular formula is C15H7F15O2. The van der Waals surface area contributed by atoms with Crippen molar-refractivity contribution in [2.24, 2.45) is 0 Å². The highest BCUT2D eigenvalue weighted by molar-refractivity contribution is 5.79. The second kappa shape index (κ2) is 7.90. The van der Waals surface area contributed by atoms with E-state index in [1.54, 1.807) is 0 Å². The topological polar surface area (TPSA) is 26.3 Å². The SMILES string of the molecule is O=C(OCc1ccccc1)C(F)(F)C(F)(F)C(F)(F)C(F)(F)C(F)(F)C(F)(F)C(F)(F)F. The molecule has 0 radical (unpaired) electrons. The highest BCUT2D eigenvalue weighted by Gasteiger charge is 2.94. The van der Waals surface area contributed by atoms with Crippen molar-refractivity contribution in [2.75, 3.05) is 0 Å². The van der Waals surface area contributed by atoms with Crippen LogP contribution in [0.15, 0.2) is 30.3 Å². The zero-order chi connectivity index (χ0) is 25.6. The minimum atomic E-state index is -8.45. The fourth-order valence-electron chi connectivity index (χ4n) is 1.91. The summed E-state index contributed by atoms with van der Waals surface area (Å²) in [7, 11) is 0. The lowest BCUT2D eigenvalue weighted by atomic mass is 9.91. The molecule has 17 heteroatoms. The molecule has 0 heterocycles. The zero-order valence-electron chi connectivity index (χ0n) is 14.6. The second-order valence-electron chi connectivity index (χ2n) is 6.01. The van der Waals surface area contributed by atoms with Crippen LogP contribution >= 0.6 is 0 Å². The van der Waals surface area contributed by atoms with Gasteiger partial charge in [-0.25, -0.2) is 4.79 Å². The van der Waals surface area contributed by atoms with Crippen LogP contribution in [0.5, 0.6) is 0 Å². The first-order valence-electron chi connectivity index (χ1n) is 7.55. The van der Waals surface area contributed by atoms with E-state index < -0.39 is 54.3 Å². The van der Waals surface area contributed by atoms with E-state index in [0.717, 1.165) is 12.1 Å². The molecule has 0 aromatic heterocycles. The highest BCUT2D eigenvalue weighted by atomic mass is 19.4. The molecule has 0 spiro atoms. The van der Waals surface area contributed by atoms with Crippen LogP contribution in [0.3, 0.4) is 0 Å². The van der Waals surface area contributed by atoms with Crippen LogP contribution in [-0.2, 0) is 16.1 Å². The number of carbonyl (C=O) groups is 1. The molecule has 0 N–H and O–H groups in total. The van der Waals surface area contributed by atoms with Crippen molar-refractivity contribution in [3.8, 4) is 0 Å². The van der Waals surface area contributed by atoms with Crippen molar-refractivity contribution < 1.29 is 75.4 Å². The number of benzene rings is 1. The summed E-state index contributed by atoms with van der Waals surface area (Å²) in [6.45, 7) is -1.35. The van der Waals surface area contributed by atoms with Gasteiger partial charge < -0.3 is 4.74 Å². The molecule has 0 aliphatic heterocycles. The minimum absolute atomic E-state index is 0.242. The lowest BCUT2D eigenvalue weighted by molar-refractivity contribution is -0.450. The molecule has 0 unspecified atom stereocenters. The number of ether oxygens (including phenoxy) is 1. The Bertz CT molecular complexity index is 814. The smallest absolute Gasteiger partial charge is 0.456 e. The first kappa shape index (κ1) is 27.7. The van der Waals surface area contributed by atoms with E-state index in [-0.39, 0.29) is 5.56 Å². The first-order valence-corrected chi connectivity index (χ1v) is 7.55. The molecule has 0 saturated heterocycles. The van der Waals surface area contributed by atoms with Crippen molar-refractivity contribution in [3.05, 3.63) is 35.9 Å². The van der Waals surface area contributed by atoms with Gasteiger partial charge in [-0.05, 0) is 5.56 Å². The predicted octanol–water partition coefficient (Wildman–Crippen LogP) is 6.10. The Kier molecular flexibility index (Phi) is 6.83. The van der Waals surface area contributed by atoms with Gasteiger partial charge in [0.05, 0.1) is 0 Å². The van der Waals surface area contributed by atoms with Crippen LogP contribution in [0.1, 0.15) is 5.56 Å². The van der Waals surface area contributed by atoms with Crippen molar-refractivity contribution in [1.29, 1.82) is 0 Å². The van der Waals surface area contributed by atoms with Gasteiger partial charge in [0.1, 0.15) is 6.61 Å². The number of esters is 1. The quantitative estimate of drug-likeness (QED) is 0.316. The maximum Gasteiger partial charge on any atom is 0.460 e. The van der Waals surface area contributed by atoms with Gasteiger partial charge in [0.25, 0.3) is 0 Å². The number of rotatable bonds is 8. The largest absolute Gasteiger partial charge is 0.460 e. The number of hydrogen-bond acceptors (Lipinski definition) is 2. The molecule has 0 atom stereocenters. The fourth-order valence-corrected chi connectivity index (χ4v) is 1.91. The highest BCUT2D eigenvalue weighted by Crippen LogP contribution is 2.62. The Labute approximate surface area is 166 Å². The molecule has 1 aromatic rings. The monoisotopic (exact) mass is 504 g/mol. The van der Waals surface area contributed by atoms with Crippen molar-refractivity contribution in [1.82, 2.24) is 0 Å². The third-order valence-electron chi connectivity index (χ3n) is 3.80. The summed E-state index contributed by atoms with van der Waals surface area (Å²) in [5.41, 5.74) is -0.242. The third-order valence-corrected chi connectivity index (χ3v) is 3.80. The van der Waals surface area contributed by atoms with Crippen LogP contribution in [0.2, 0.25) is 0 Å². The van der Waals surface area contributed by atoms with E-state index in [2.05, 4.69) is 4.74 Å². The average Bonchev–Trinajstić information content (AvgIpc) is 2.65. The average molecular weight is 504 g/mol. The van der Waals surface area contributed by atoms with Crippen molar-refractivity contribution in [3.63, 3.8) is 0 Å². The first-order chi connectivity index (χ1) is 14.0. The molecule has 0 bridgehead atoms. The second-order valence-corrected chi connectivity index (χ2v) is 6.01. The Morgan fingerprint density at radius 1 is 0.594 bits per heavy atom. The van der Waals surface area contributed by atoms with E-state index >= 15 is 0 Å². The van der Waals surface area contributed by atoms with Crippen molar-refractivity contribution in [2.45, 2.75) is 48.3 Å². The number of alkyl halides is 15. The molecule has 0 saturated carbocycles. The lowest BCUT2D eigenvalue weighted by Gasteiger charge is -2.40. The van der Waals surface area contributed by atoms with Crippen LogP contribution in [0, 0.1) is 0 Å². The number of hydrogen-bond donors (Lipinski definition) is 0. The van der Waals surface area contributed by atoms with Gasteiger partial charge in [-0.3, -0.25) is 0 Å². The van der Waals surface area contributed by atoms with Gasteiger partial charge in [-0.1, -0.05) is 30.3 Å². The standard InChI is InChI=1S/C15H7F15O2/c16-9(17,8(31)32-6-7-4-2-1-3-5-7)10(18,19)11(20,21)12(22,23)13(24,25)14(26,27)15(28,29)30/h1-5H,6H2. The summed E-state index contributed by atoms with van der Waals surface area (Å²) < 4.78 is 198. The van der Waals surface area contributed by atoms with Gasteiger partial charge in [-0.15, -0.1) is 0 Å². The minimum Gasteiger partial charge on any atom is -0.456 e. The summed E-state index contributed by atoms with van der Waals surface area (Å²) >= 11 is 0. The Morgan fingerprint density at radius 2 is 0.969 bits per heavy atom. The molecule has 32 heavy (non-hydrogen) atoms. The maximum atomic E-state index is 13.5. The molecule has 1 rings (SSSR count). The van der Waals surface area contributed by atoms with Gasteiger partial charge >= 0.3 is 47.7 Å². The number of carbonyl (C=O) groups excluding carboxylic acids is 1. The molecule has 0 aliphatic rings. The maximum absolute atomic E-state index is 13.5. The van der Waals surface area contributed by atoms with E-state index in [9.17, 15) is 70.7 Å². The summed E-state index contributed by atoms with van der Waals surface area (Å²) in [6, 6.07) is 5.67. The van der Waals surface area contributed by atoms with Crippen LogP contribution in [0.4, 0.5) is 65.9 Å². The molecule has 2 nitrogen and oxygen atoms in total.